The maximum atomic E-state index is 13.2. The number of thiazole rings is 1. The largest absolute Gasteiger partial charge is 0.322 e. The lowest BCUT2D eigenvalue weighted by Gasteiger charge is -2.13. The van der Waals surface area contributed by atoms with E-state index in [1.54, 1.807) is 30.5 Å². The van der Waals surface area contributed by atoms with Crippen LogP contribution in [0.4, 0.5) is 5.69 Å². The first-order valence-corrected chi connectivity index (χ1v) is 12.8. The summed E-state index contributed by atoms with van der Waals surface area (Å²) >= 11 is 7.77. The summed E-state index contributed by atoms with van der Waals surface area (Å²) in [5.74, 6) is -0.354. The summed E-state index contributed by atoms with van der Waals surface area (Å²) in [6, 6.07) is 17.3. The van der Waals surface area contributed by atoms with Gasteiger partial charge in [0.15, 0.2) is 9.84 Å². The van der Waals surface area contributed by atoms with Crippen molar-refractivity contribution in [3.05, 3.63) is 88.4 Å². The Morgan fingerprint density at radius 3 is 2.41 bits per heavy atom. The van der Waals surface area contributed by atoms with Gasteiger partial charge < -0.3 is 5.32 Å². The van der Waals surface area contributed by atoms with Gasteiger partial charge in [0.25, 0.3) is 5.91 Å². The van der Waals surface area contributed by atoms with Crippen LogP contribution in [0, 0.1) is 6.92 Å². The molecule has 1 N–H and O–H groups in total. The molecule has 1 heterocycles. The Bertz CT molecular complexity index is 1400. The summed E-state index contributed by atoms with van der Waals surface area (Å²) in [6.07, 6.45) is 2.84. The predicted octanol–water partition coefficient (Wildman–Crippen LogP) is 6.09. The molecule has 4 rings (SSSR count). The van der Waals surface area contributed by atoms with Gasteiger partial charge in [0.05, 0.1) is 9.92 Å². The van der Waals surface area contributed by atoms with Crippen LogP contribution in [0.5, 0.6) is 0 Å². The molecule has 3 aromatic carbocycles. The number of aryl methyl sites for hydroxylation is 1. The molecular formula is C24H19ClN2O3S2. The van der Waals surface area contributed by atoms with Gasteiger partial charge in [-0.2, -0.15) is 0 Å². The number of nitrogens with one attached hydrogen (secondary N) is 1. The number of hydrogen-bond acceptors (Lipinski definition) is 5. The van der Waals surface area contributed by atoms with E-state index in [2.05, 4.69) is 10.3 Å². The molecule has 0 aliphatic rings. The lowest BCUT2D eigenvalue weighted by Crippen LogP contribution is -2.14. The molecule has 162 valence electrons. The quantitative estimate of drug-likeness (QED) is 0.373. The second-order valence-corrected chi connectivity index (χ2v) is 10.6. The Labute approximate surface area is 195 Å². The monoisotopic (exact) mass is 482 g/mol. The van der Waals surface area contributed by atoms with Gasteiger partial charge in [0, 0.05) is 34.6 Å². The van der Waals surface area contributed by atoms with Crippen molar-refractivity contribution in [2.75, 3.05) is 11.6 Å². The standard InChI is InChI=1S/C24H19ClN2O3S2/c1-15-3-5-16(6-4-15)20-14-18(32(2,29)30)8-9-19(20)23(28)27-17-7-10-22(25)21(13-17)24-26-11-12-31-24/h3-14H,1-2H3,(H,27,28). The molecule has 5 nitrogen and oxygen atoms in total. The summed E-state index contributed by atoms with van der Waals surface area (Å²) in [6.45, 7) is 1.96. The highest BCUT2D eigenvalue weighted by molar-refractivity contribution is 7.90. The van der Waals surface area contributed by atoms with E-state index in [0.717, 1.165) is 28.0 Å². The summed E-state index contributed by atoms with van der Waals surface area (Å²) in [7, 11) is -3.43. The van der Waals surface area contributed by atoms with Crippen molar-refractivity contribution >= 4 is 44.4 Å². The summed E-state index contributed by atoms with van der Waals surface area (Å²) in [5.41, 5.74) is 4.02. The molecule has 0 atom stereocenters. The van der Waals surface area contributed by atoms with Crippen LogP contribution in [0.25, 0.3) is 21.7 Å². The third kappa shape index (κ3) is 4.75. The first-order valence-electron chi connectivity index (χ1n) is 9.64. The van der Waals surface area contributed by atoms with Gasteiger partial charge >= 0.3 is 0 Å². The van der Waals surface area contributed by atoms with Crippen LogP contribution in [0.2, 0.25) is 5.02 Å². The number of carbonyl (C=O) groups is 1. The van der Waals surface area contributed by atoms with Crippen molar-refractivity contribution in [3.63, 3.8) is 0 Å². The number of amides is 1. The number of aromatic nitrogens is 1. The van der Waals surface area contributed by atoms with Crippen LogP contribution in [0.1, 0.15) is 15.9 Å². The van der Waals surface area contributed by atoms with E-state index in [1.165, 1.54) is 23.5 Å². The molecular weight excluding hydrogens is 464 g/mol. The highest BCUT2D eigenvalue weighted by Gasteiger charge is 2.18. The van der Waals surface area contributed by atoms with Crippen LogP contribution >= 0.6 is 22.9 Å². The molecule has 0 aliphatic heterocycles. The fourth-order valence-electron chi connectivity index (χ4n) is 3.25. The maximum Gasteiger partial charge on any atom is 0.256 e. The zero-order chi connectivity index (χ0) is 22.9. The minimum atomic E-state index is -3.43. The van der Waals surface area contributed by atoms with Crippen molar-refractivity contribution < 1.29 is 13.2 Å². The van der Waals surface area contributed by atoms with Crippen molar-refractivity contribution in [2.24, 2.45) is 0 Å². The topological polar surface area (TPSA) is 76.1 Å². The van der Waals surface area contributed by atoms with E-state index >= 15 is 0 Å². The smallest absolute Gasteiger partial charge is 0.256 e. The predicted molar refractivity (Wildman–Crippen MR) is 130 cm³/mol. The van der Waals surface area contributed by atoms with Crippen LogP contribution in [-0.2, 0) is 9.84 Å². The minimum absolute atomic E-state index is 0.155. The first-order chi connectivity index (χ1) is 15.2. The van der Waals surface area contributed by atoms with Crippen molar-refractivity contribution in [1.29, 1.82) is 0 Å². The summed E-state index contributed by atoms with van der Waals surface area (Å²) < 4.78 is 24.2. The van der Waals surface area contributed by atoms with Gasteiger partial charge in [0.1, 0.15) is 5.01 Å². The third-order valence-electron chi connectivity index (χ3n) is 4.91. The zero-order valence-corrected chi connectivity index (χ0v) is 19.7. The SMILES string of the molecule is Cc1ccc(-c2cc(S(C)(=O)=O)ccc2C(=O)Nc2ccc(Cl)c(-c3nccs3)c2)cc1. The Morgan fingerprint density at radius 2 is 1.75 bits per heavy atom. The molecule has 0 saturated heterocycles. The van der Waals surface area contributed by atoms with Crippen LogP contribution in [-0.4, -0.2) is 25.6 Å². The second kappa shape index (κ2) is 8.86. The van der Waals surface area contributed by atoms with E-state index in [1.807, 2.05) is 36.6 Å². The van der Waals surface area contributed by atoms with Crippen molar-refractivity contribution in [1.82, 2.24) is 4.98 Å². The number of halogens is 1. The molecule has 0 bridgehead atoms. The van der Waals surface area contributed by atoms with E-state index < -0.39 is 9.84 Å². The van der Waals surface area contributed by atoms with Crippen LogP contribution in [0.3, 0.4) is 0 Å². The second-order valence-electron chi connectivity index (χ2n) is 7.33. The zero-order valence-electron chi connectivity index (χ0n) is 17.3. The molecule has 1 aromatic heterocycles. The van der Waals surface area contributed by atoms with E-state index in [4.69, 9.17) is 11.6 Å². The van der Waals surface area contributed by atoms with Gasteiger partial charge in [-0.3, -0.25) is 4.79 Å². The van der Waals surface area contributed by atoms with E-state index in [0.29, 0.717) is 21.8 Å². The number of anilines is 1. The number of hydrogen-bond donors (Lipinski definition) is 1. The molecule has 0 spiro atoms. The van der Waals surface area contributed by atoms with Crippen LogP contribution in [0.15, 0.2) is 77.1 Å². The first kappa shape index (κ1) is 22.2. The lowest BCUT2D eigenvalue weighted by atomic mass is 9.98. The highest BCUT2D eigenvalue weighted by Crippen LogP contribution is 2.33. The van der Waals surface area contributed by atoms with E-state index in [9.17, 15) is 13.2 Å². The average molecular weight is 483 g/mol. The number of benzene rings is 3. The van der Waals surface area contributed by atoms with Gasteiger partial charge in [0.2, 0.25) is 0 Å². The third-order valence-corrected chi connectivity index (χ3v) is 7.16. The molecule has 0 fully saturated rings. The Balaban J connectivity index is 1.74. The molecule has 8 heteroatoms. The van der Waals surface area contributed by atoms with Gasteiger partial charge in [-0.25, -0.2) is 13.4 Å². The maximum absolute atomic E-state index is 13.2. The number of sulfone groups is 1. The Hall–Kier alpha value is -3.00. The van der Waals surface area contributed by atoms with E-state index in [-0.39, 0.29) is 10.8 Å². The minimum Gasteiger partial charge on any atom is -0.322 e. The fraction of sp³-hybridized carbons (Fsp3) is 0.0833. The number of carbonyl (C=O) groups excluding carboxylic acids is 1. The molecule has 0 aliphatic carbocycles. The van der Waals surface area contributed by atoms with Gasteiger partial charge in [-0.1, -0.05) is 41.4 Å². The molecule has 0 radical (unpaired) electrons. The van der Waals surface area contributed by atoms with Crippen LogP contribution < -0.4 is 5.32 Å². The summed E-state index contributed by atoms with van der Waals surface area (Å²) in [5, 5.41) is 6.04. The molecule has 0 saturated carbocycles. The Kier molecular flexibility index (Phi) is 6.15. The summed E-state index contributed by atoms with van der Waals surface area (Å²) in [4.78, 5) is 17.7. The molecule has 4 aromatic rings. The average Bonchev–Trinajstić information content (AvgIpc) is 3.29. The molecule has 1 amide bonds. The van der Waals surface area contributed by atoms with Crippen molar-refractivity contribution in [2.45, 2.75) is 11.8 Å². The fourth-order valence-corrected chi connectivity index (χ4v) is 4.82. The highest BCUT2D eigenvalue weighted by atomic mass is 35.5. The number of rotatable bonds is 5. The molecule has 32 heavy (non-hydrogen) atoms. The van der Waals surface area contributed by atoms with Gasteiger partial charge in [-0.05, 0) is 54.4 Å². The lowest BCUT2D eigenvalue weighted by molar-refractivity contribution is 0.102. The van der Waals surface area contributed by atoms with Gasteiger partial charge in [-0.15, -0.1) is 11.3 Å². The number of nitrogens with zero attached hydrogens (tertiary/aromatic N) is 1. The Morgan fingerprint density at radius 1 is 1.00 bits per heavy atom. The normalized spacial score (nSPS) is 11.3. The molecule has 0 unspecified atom stereocenters. The van der Waals surface area contributed by atoms with Crippen molar-refractivity contribution in [3.8, 4) is 21.7 Å².